The van der Waals surface area contributed by atoms with E-state index in [4.69, 9.17) is 18.2 Å². The zero-order chi connectivity index (χ0) is 23.7. The first kappa shape index (κ1) is 25.3. The summed E-state index contributed by atoms with van der Waals surface area (Å²) in [5.74, 6) is -0.152. The normalized spacial score (nSPS) is 13.4. The molecule has 0 aliphatic heterocycles. The zero-order valence-electron chi connectivity index (χ0n) is 18.3. The summed E-state index contributed by atoms with van der Waals surface area (Å²) in [5.41, 5.74) is 1.79. The zero-order valence-corrected chi connectivity index (χ0v) is 20.1. The van der Waals surface area contributed by atoms with Crippen molar-refractivity contribution < 1.29 is 31.7 Å². The van der Waals surface area contributed by atoms with Crippen LogP contribution in [0.25, 0.3) is 11.1 Å². The van der Waals surface area contributed by atoms with Crippen LogP contribution in [0.15, 0.2) is 78.9 Å². The first-order valence-corrected chi connectivity index (χ1v) is 13.7. The number of para-hydroxylation sites is 1. The Morgan fingerprint density at radius 3 is 2.06 bits per heavy atom. The minimum absolute atomic E-state index is 0.0770. The summed E-state index contributed by atoms with van der Waals surface area (Å²) in [6.07, 6.45) is -0.238. The van der Waals surface area contributed by atoms with Crippen molar-refractivity contribution in [2.75, 3.05) is 13.2 Å². The molecule has 0 aliphatic rings. The van der Waals surface area contributed by atoms with Gasteiger partial charge in [0.25, 0.3) is 0 Å². The third kappa shape index (κ3) is 7.34. The molecule has 176 valence electrons. The van der Waals surface area contributed by atoms with Crippen molar-refractivity contribution in [3.8, 4) is 16.9 Å². The first-order chi connectivity index (χ1) is 15.9. The molecule has 3 rings (SSSR count). The van der Waals surface area contributed by atoms with Crippen molar-refractivity contribution in [1.29, 1.82) is 0 Å². The molecule has 7 nitrogen and oxygen atoms in total. The average Bonchev–Trinajstić information content (AvgIpc) is 2.81. The molecule has 0 radical (unpaired) electrons. The topological polar surface area (TPSA) is 83.1 Å². The van der Waals surface area contributed by atoms with Gasteiger partial charge < -0.3 is 4.52 Å². The molecular formula is C23H26FNO6P2. The van der Waals surface area contributed by atoms with E-state index in [-0.39, 0.29) is 25.1 Å². The van der Waals surface area contributed by atoms with Crippen LogP contribution in [0, 0.1) is 5.82 Å². The highest BCUT2D eigenvalue weighted by molar-refractivity contribution is 7.55. The lowest BCUT2D eigenvalue weighted by Crippen LogP contribution is -2.17. The van der Waals surface area contributed by atoms with Gasteiger partial charge in [-0.25, -0.2) is 18.1 Å². The lowest BCUT2D eigenvalue weighted by Gasteiger charge is -2.23. The van der Waals surface area contributed by atoms with Crippen LogP contribution in [0.5, 0.6) is 5.75 Å². The van der Waals surface area contributed by atoms with Gasteiger partial charge in [-0.2, -0.15) is 0 Å². The molecule has 0 heterocycles. The number of rotatable bonds is 12. The lowest BCUT2D eigenvalue weighted by molar-refractivity contribution is 0.144. The van der Waals surface area contributed by atoms with Gasteiger partial charge in [-0.1, -0.05) is 59.8 Å². The molecule has 0 spiro atoms. The highest BCUT2D eigenvalue weighted by atomic mass is 31.2. The van der Waals surface area contributed by atoms with Gasteiger partial charge in [-0.15, -0.1) is 0 Å². The van der Waals surface area contributed by atoms with Crippen molar-refractivity contribution in [1.82, 2.24) is 5.25 Å². The van der Waals surface area contributed by atoms with E-state index in [0.717, 1.165) is 5.56 Å². The fourth-order valence-corrected chi connectivity index (χ4v) is 6.11. The molecule has 0 amide bonds. The van der Waals surface area contributed by atoms with E-state index in [1.807, 2.05) is 30.3 Å². The average molecular weight is 493 g/mol. The van der Waals surface area contributed by atoms with E-state index in [9.17, 15) is 13.5 Å². The van der Waals surface area contributed by atoms with Gasteiger partial charge in [0.2, 0.25) is 0 Å². The first-order valence-electron chi connectivity index (χ1n) is 10.4. The van der Waals surface area contributed by atoms with E-state index in [1.165, 1.54) is 18.2 Å². The van der Waals surface area contributed by atoms with Gasteiger partial charge in [-0.05, 0) is 54.8 Å². The molecule has 3 aromatic carbocycles. The molecule has 3 aromatic rings. The Kier molecular flexibility index (Phi) is 8.98. The van der Waals surface area contributed by atoms with Crippen LogP contribution in [-0.2, 0) is 29.0 Å². The molecule has 10 heteroatoms. The second-order valence-electron chi connectivity index (χ2n) is 6.86. The SMILES string of the molecule is CCOP(=O)(NOP(=O)(Cc1ccc(F)cc1-c1ccccc1)Oc1ccccc1)OCC. The van der Waals surface area contributed by atoms with Gasteiger partial charge >= 0.3 is 15.3 Å². The molecule has 1 N–H and O–H groups in total. The summed E-state index contributed by atoms with van der Waals surface area (Å²) in [6.45, 7) is 3.43. The van der Waals surface area contributed by atoms with E-state index < -0.39 is 21.2 Å². The van der Waals surface area contributed by atoms with Crippen LogP contribution in [0.2, 0.25) is 0 Å². The summed E-state index contributed by atoms with van der Waals surface area (Å²) < 4.78 is 62.1. The third-order valence-corrected chi connectivity index (χ3v) is 7.64. The fourth-order valence-electron chi connectivity index (χ4n) is 3.05. The largest absolute Gasteiger partial charge is 0.429 e. The van der Waals surface area contributed by atoms with E-state index >= 15 is 0 Å². The van der Waals surface area contributed by atoms with Crippen LogP contribution in [0.1, 0.15) is 19.4 Å². The second-order valence-corrected chi connectivity index (χ2v) is 10.5. The molecule has 0 aromatic heterocycles. The summed E-state index contributed by atoms with van der Waals surface area (Å²) >= 11 is 0. The number of hydrogen-bond acceptors (Lipinski definition) is 6. The van der Waals surface area contributed by atoms with Gasteiger partial charge in [0, 0.05) is 0 Å². The minimum atomic E-state index is -4.04. The maximum atomic E-state index is 14.1. The third-order valence-electron chi connectivity index (χ3n) is 4.40. The number of halogens is 1. The molecule has 0 saturated carbocycles. The maximum absolute atomic E-state index is 14.1. The molecule has 33 heavy (non-hydrogen) atoms. The van der Waals surface area contributed by atoms with Gasteiger partial charge in [0.1, 0.15) is 11.6 Å². The quantitative estimate of drug-likeness (QED) is 0.216. The Labute approximate surface area is 192 Å². The Hall–Kier alpha value is -2.31. The van der Waals surface area contributed by atoms with Crippen LogP contribution < -0.4 is 9.77 Å². The molecule has 0 saturated heterocycles. The molecular weight excluding hydrogens is 467 g/mol. The summed E-state index contributed by atoms with van der Waals surface area (Å²) in [5, 5.41) is 2.20. The Bertz CT molecular complexity index is 1120. The van der Waals surface area contributed by atoms with E-state index in [1.54, 1.807) is 44.2 Å². The van der Waals surface area contributed by atoms with Crippen LogP contribution in [0.4, 0.5) is 4.39 Å². The number of nitrogens with one attached hydrogen (secondary N) is 1. The predicted molar refractivity (Wildman–Crippen MR) is 125 cm³/mol. The highest BCUT2D eigenvalue weighted by Gasteiger charge is 2.34. The maximum Gasteiger partial charge on any atom is 0.429 e. The number of benzene rings is 3. The monoisotopic (exact) mass is 493 g/mol. The molecule has 0 aliphatic carbocycles. The van der Waals surface area contributed by atoms with Gasteiger partial charge in [0.05, 0.1) is 19.4 Å². The Morgan fingerprint density at radius 1 is 0.848 bits per heavy atom. The predicted octanol–water partition coefficient (Wildman–Crippen LogP) is 6.97. The summed E-state index contributed by atoms with van der Waals surface area (Å²) in [7, 11) is -7.92. The van der Waals surface area contributed by atoms with Crippen molar-refractivity contribution in [3.63, 3.8) is 0 Å². The minimum Gasteiger partial charge on any atom is -0.423 e. The molecule has 0 bridgehead atoms. The van der Waals surface area contributed by atoms with E-state index in [0.29, 0.717) is 11.1 Å². The fraction of sp³-hybridized carbons (Fsp3) is 0.217. The van der Waals surface area contributed by atoms with Gasteiger partial charge in [0.15, 0.2) is 0 Å². The standard InChI is InChI=1S/C23H26FNO6P2/c1-3-28-33(27,29-4-2)25-31-32(26,30-22-13-9-6-10-14-22)18-20-15-16-21(24)17-23(20)19-11-7-5-8-12-19/h5-17H,3-4,18H2,1-2H3,(H,25,27). The molecule has 1 atom stereocenters. The second kappa shape index (κ2) is 11.7. The van der Waals surface area contributed by atoms with Crippen molar-refractivity contribution in [2.45, 2.75) is 20.0 Å². The molecule has 0 fully saturated rings. The van der Waals surface area contributed by atoms with Crippen LogP contribution >= 0.6 is 15.3 Å². The Balaban J connectivity index is 1.95. The lowest BCUT2D eigenvalue weighted by atomic mass is 10.0. The van der Waals surface area contributed by atoms with Crippen molar-refractivity contribution in [2.24, 2.45) is 0 Å². The molecule has 1 unspecified atom stereocenters. The summed E-state index contributed by atoms with van der Waals surface area (Å²) in [6, 6.07) is 21.7. The van der Waals surface area contributed by atoms with Crippen molar-refractivity contribution >= 4 is 15.3 Å². The van der Waals surface area contributed by atoms with Gasteiger partial charge in [-0.3, -0.25) is 9.05 Å². The summed E-state index contributed by atoms with van der Waals surface area (Å²) in [4.78, 5) is 0. The van der Waals surface area contributed by atoms with Crippen molar-refractivity contribution in [3.05, 3.63) is 90.2 Å². The van der Waals surface area contributed by atoms with Crippen LogP contribution in [0.3, 0.4) is 0 Å². The smallest absolute Gasteiger partial charge is 0.423 e. The highest BCUT2D eigenvalue weighted by Crippen LogP contribution is 2.55. The van der Waals surface area contributed by atoms with E-state index in [2.05, 4.69) is 5.25 Å². The van der Waals surface area contributed by atoms with Crippen LogP contribution in [-0.4, -0.2) is 13.2 Å². The number of hydrogen-bond donors (Lipinski definition) is 1. The Morgan fingerprint density at radius 2 is 1.45 bits per heavy atom.